The van der Waals surface area contributed by atoms with Crippen LogP contribution in [0, 0.1) is 0 Å². The number of methoxy groups -OCH3 is 2. The maximum atomic E-state index is 12.6. The van der Waals surface area contributed by atoms with Crippen molar-refractivity contribution in [3.63, 3.8) is 0 Å². The van der Waals surface area contributed by atoms with Crippen molar-refractivity contribution < 1.29 is 35.2 Å². The third-order valence-electron chi connectivity index (χ3n) is 4.26. The smallest absolute Gasteiger partial charge is 0.380 e. The number of pyridine rings is 1. The molecule has 0 bridgehead atoms. The first kappa shape index (κ1) is 22.0. The second-order valence-corrected chi connectivity index (χ2v) is 7.95. The van der Waals surface area contributed by atoms with Gasteiger partial charge < -0.3 is 13.7 Å². The van der Waals surface area contributed by atoms with Crippen molar-refractivity contribution in [1.82, 2.24) is 4.98 Å². The van der Waals surface area contributed by atoms with Gasteiger partial charge in [0, 0.05) is 31.4 Å². The third kappa shape index (κ3) is 4.72. The highest BCUT2D eigenvalue weighted by Crippen LogP contribution is 2.30. The van der Waals surface area contributed by atoms with Gasteiger partial charge in [-0.15, -0.1) is 0 Å². The molecule has 0 saturated heterocycles. The van der Waals surface area contributed by atoms with Crippen LogP contribution in [0.25, 0.3) is 22.0 Å². The number of hydrogen-bond acceptors (Lipinski definition) is 6. The molecule has 0 amide bonds. The average Bonchev–Trinajstić information content (AvgIpc) is 2.67. The minimum atomic E-state index is -5.75. The number of ether oxygens (including phenoxy) is 2. The van der Waals surface area contributed by atoms with Gasteiger partial charge in [-0.2, -0.15) is 21.6 Å². The SMILES string of the molecule is COCc1cc2cnc(-c3cccc(OS(=O)(=O)C(F)(F)F)c3)cc2cc1COC. The van der Waals surface area contributed by atoms with E-state index in [-0.39, 0.29) is 0 Å². The van der Waals surface area contributed by atoms with E-state index in [1.54, 1.807) is 32.5 Å². The zero-order valence-corrected chi connectivity index (χ0v) is 16.9. The van der Waals surface area contributed by atoms with E-state index in [2.05, 4.69) is 9.17 Å². The zero-order chi connectivity index (χ0) is 21.9. The summed E-state index contributed by atoms with van der Waals surface area (Å²) in [6.45, 7) is 0.786. The maximum absolute atomic E-state index is 12.6. The van der Waals surface area contributed by atoms with Crippen LogP contribution in [-0.2, 0) is 32.8 Å². The molecule has 0 aliphatic rings. The molecule has 2 aromatic carbocycles. The number of alkyl halides is 3. The molecule has 0 spiro atoms. The van der Waals surface area contributed by atoms with Crippen LogP contribution in [0.4, 0.5) is 13.2 Å². The monoisotopic (exact) mass is 441 g/mol. The van der Waals surface area contributed by atoms with Crippen molar-refractivity contribution in [2.75, 3.05) is 14.2 Å². The molecule has 0 unspecified atom stereocenters. The van der Waals surface area contributed by atoms with Crippen molar-refractivity contribution in [3.8, 4) is 17.0 Å². The van der Waals surface area contributed by atoms with Crippen molar-refractivity contribution >= 4 is 20.9 Å². The Labute approximate surface area is 171 Å². The van der Waals surface area contributed by atoms with E-state index < -0.39 is 21.4 Å². The molecule has 0 radical (unpaired) electrons. The summed E-state index contributed by atoms with van der Waals surface area (Å²) in [5, 5.41) is 1.68. The summed E-state index contributed by atoms with van der Waals surface area (Å²) >= 11 is 0. The minimum absolute atomic E-state index is 0.380. The molecule has 0 aliphatic heterocycles. The highest BCUT2D eigenvalue weighted by Gasteiger charge is 2.48. The highest BCUT2D eigenvalue weighted by atomic mass is 32.2. The summed E-state index contributed by atoms with van der Waals surface area (Å²) in [5.74, 6) is -0.456. The Kier molecular flexibility index (Phi) is 6.30. The molecule has 1 heterocycles. The summed E-state index contributed by atoms with van der Waals surface area (Å²) in [4.78, 5) is 4.34. The third-order valence-corrected chi connectivity index (χ3v) is 5.24. The lowest BCUT2D eigenvalue weighted by Crippen LogP contribution is -2.28. The Hall–Kier alpha value is -2.69. The Bertz CT molecular complexity index is 1160. The van der Waals surface area contributed by atoms with Crippen LogP contribution in [0.1, 0.15) is 11.1 Å². The quantitative estimate of drug-likeness (QED) is 0.399. The lowest BCUT2D eigenvalue weighted by molar-refractivity contribution is -0.0500. The second kappa shape index (κ2) is 8.58. The molecule has 10 heteroatoms. The summed E-state index contributed by atoms with van der Waals surface area (Å²) in [6.07, 6.45) is 1.63. The van der Waals surface area contributed by atoms with Crippen molar-refractivity contribution in [3.05, 3.63) is 59.8 Å². The van der Waals surface area contributed by atoms with E-state index >= 15 is 0 Å². The van der Waals surface area contributed by atoms with Crippen LogP contribution in [0.5, 0.6) is 5.75 Å². The first-order chi connectivity index (χ1) is 14.1. The molecule has 3 rings (SSSR count). The molecule has 0 saturated carbocycles. The van der Waals surface area contributed by atoms with Crippen molar-refractivity contribution in [1.29, 1.82) is 0 Å². The topological polar surface area (TPSA) is 74.7 Å². The predicted octanol–water partition coefficient (Wildman–Crippen LogP) is 4.42. The van der Waals surface area contributed by atoms with Crippen LogP contribution >= 0.6 is 0 Å². The molecular weight excluding hydrogens is 423 g/mol. The van der Waals surface area contributed by atoms with Gasteiger partial charge in [0.2, 0.25) is 0 Å². The molecule has 1 aromatic heterocycles. The predicted molar refractivity (Wildman–Crippen MR) is 104 cm³/mol. The van der Waals surface area contributed by atoms with Gasteiger partial charge in [0.1, 0.15) is 5.75 Å². The van der Waals surface area contributed by atoms with E-state index in [0.717, 1.165) is 28.0 Å². The number of rotatable bonds is 7. The molecule has 0 aliphatic carbocycles. The van der Waals surface area contributed by atoms with E-state index in [1.165, 1.54) is 12.1 Å². The van der Waals surface area contributed by atoms with E-state index in [9.17, 15) is 21.6 Å². The van der Waals surface area contributed by atoms with Gasteiger partial charge in [-0.3, -0.25) is 4.98 Å². The number of benzene rings is 2. The summed E-state index contributed by atoms with van der Waals surface area (Å²) in [7, 11) is -2.58. The maximum Gasteiger partial charge on any atom is 0.534 e. The number of hydrogen-bond donors (Lipinski definition) is 0. The van der Waals surface area contributed by atoms with E-state index in [1.807, 2.05) is 12.1 Å². The first-order valence-corrected chi connectivity index (χ1v) is 10.1. The Morgan fingerprint density at radius 3 is 2.17 bits per heavy atom. The lowest BCUT2D eigenvalue weighted by atomic mass is 10.0. The summed E-state index contributed by atoms with van der Waals surface area (Å²) in [5.41, 5.74) is -2.78. The lowest BCUT2D eigenvalue weighted by Gasteiger charge is -2.12. The van der Waals surface area contributed by atoms with Crippen molar-refractivity contribution in [2.45, 2.75) is 18.7 Å². The summed E-state index contributed by atoms with van der Waals surface area (Å²) < 4.78 is 74.8. The van der Waals surface area contributed by atoms with Crippen LogP contribution in [0.2, 0.25) is 0 Å². The highest BCUT2D eigenvalue weighted by molar-refractivity contribution is 7.88. The average molecular weight is 441 g/mol. The Morgan fingerprint density at radius 2 is 1.57 bits per heavy atom. The van der Waals surface area contributed by atoms with Gasteiger partial charge in [-0.1, -0.05) is 12.1 Å². The fourth-order valence-electron chi connectivity index (χ4n) is 2.91. The molecule has 30 heavy (non-hydrogen) atoms. The van der Waals surface area contributed by atoms with E-state index in [4.69, 9.17) is 9.47 Å². The number of nitrogens with zero attached hydrogens (tertiary/aromatic N) is 1. The van der Waals surface area contributed by atoms with Crippen LogP contribution in [0.15, 0.2) is 48.7 Å². The number of fused-ring (bicyclic) bond motifs is 1. The molecular formula is C20H18F3NO5S. The molecule has 0 N–H and O–H groups in total. The van der Waals surface area contributed by atoms with Crippen molar-refractivity contribution in [2.24, 2.45) is 0 Å². The van der Waals surface area contributed by atoms with Gasteiger partial charge in [0.05, 0.1) is 18.9 Å². The molecule has 0 fully saturated rings. The number of halogens is 3. The fourth-order valence-corrected chi connectivity index (χ4v) is 3.36. The molecule has 3 aromatic rings. The van der Waals surface area contributed by atoms with Gasteiger partial charge in [0.15, 0.2) is 0 Å². The van der Waals surface area contributed by atoms with Crippen LogP contribution < -0.4 is 4.18 Å². The summed E-state index contributed by atoms with van der Waals surface area (Å²) in [6, 6.07) is 10.9. The van der Waals surface area contributed by atoms with Gasteiger partial charge in [0.25, 0.3) is 0 Å². The molecule has 0 atom stereocenters. The minimum Gasteiger partial charge on any atom is -0.380 e. The first-order valence-electron chi connectivity index (χ1n) is 8.65. The molecule has 6 nitrogen and oxygen atoms in total. The zero-order valence-electron chi connectivity index (χ0n) is 16.1. The van der Waals surface area contributed by atoms with Gasteiger partial charge >= 0.3 is 15.6 Å². The normalized spacial score (nSPS) is 12.3. The largest absolute Gasteiger partial charge is 0.534 e. The van der Waals surface area contributed by atoms with Gasteiger partial charge in [-0.05, 0) is 46.8 Å². The molecule has 160 valence electrons. The van der Waals surface area contributed by atoms with Crippen LogP contribution in [-0.4, -0.2) is 33.1 Å². The Morgan fingerprint density at radius 1 is 0.933 bits per heavy atom. The second-order valence-electron chi connectivity index (χ2n) is 6.41. The standard InChI is InChI=1S/C20H18F3NO5S/c1-27-11-16-6-14-9-19(24-10-15(14)7-17(16)12-28-2)13-4-3-5-18(8-13)29-30(25,26)20(21,22)23/h3-10H,11-12H2,1-2H3. The van der Waals surface area contributed by atoms with Crippen LogP contribution in [0.3, 0.4) is 0 Å². The van der Waals surface area contributed by atoms with E-state index in [0.29, 0.717) is 24.5 Å². The fraction of sp³-hybridized carbons (Fsp3) is 0.250. The number of aromatic nitrogens is 1. The van der Waals surface area contributed by atoms with Gasteiger partial charge in [-0.25, -0.2) is 0 Å². The Balaban J connectivity index is 2.00.